The number of aliphatic carboxylic acids is 1. The molecule has 25 heavy (non-hydrogen) atoms. The molecule has 0 atom stereocenters. The highest BCUT2D eigenvalue weighted by molar-refractivity contribution is 5.81. The molecule has 0 aliphatic heterocycles. The predicted molar refractivity (Wildman–Crippen MR) is 91.5 cm³/mol. The lowest BCUT2D eigenvalue weighted by Gasteiger charge is -2.12. The summed E-state index contributed by atoms with van der Waals surface area (Å²) >= 11 is 0. The predicted octanol–water partition coefficient (Wildman–Crippen LogP) is 1.65. The summed E-state index contributed by atoms with van der Waals surface area (Å²) in [7, 11) is 1.49. The number of carbonyl (C=O) groups is 1. The van der Waals surface area contributed by atoms with Gasteiger partial charge in [0.25, 0.3) is 5.56 Å². The molecule has 0 aliphatic carbocycles. The number of ether oxygens (including phenoxy) is 1. The lowest BCUT2D eigenvalue weighted by molar-refractivity contribution is -0.137. The third-order valence-electron chi connectivity index (χ3n) is 3.86. The van der Waals surface area contributed by atoms with E-state index in [4.69, 9.17) is 14.9 Å². The second-order valence-electron chi connectivity index (χ2n) is 5.46. The van der Waals surface area contributed by atoms with Crippen LogP contribution >= 0.6 is 0 Å². The Morgan fingerprint density at radius 2 is 1.92 bits per heavy atom. The Balaban J connectivity index is 2.27. The van der Waals surface area contributed by atoms with Gasteiger partial charge in [-0.3, -0.25) is 14.2 Å². The van der Waals surface area contributed by atoms with E-state index in [1.165, 1.54) is 11.7 Å². The third-order valence-corrected chi connectivity index (χ3v) is 3.86. The van der Waals surface area contributed by atoms with Gasteiger partial charge in [-0.15, -0.1) is 0 Å². The Bertz CT molecular complexity index is 993. The van der Waals surface area contributed by atoms with E-state index in [-0.39, 0.29) is 12.3 Å². The smallest absolute Gasteiger partial charge is 0.323 e. The molecule has 1 aromatic heterocycles. The summed E-state index contributed by atoms with van der Waals surface area (Å²) in [4.78, 5) is 28.4. The topological polar surface area (TPSA) is 102 Å². The number of nitrogens with zero attached hydrogens (tertiary/aromatic N) is 2. The van der Waals surface area contributed by atoms with Gasteiger partial charge in [0.1, 0.15) is 18.0 Å². The SMILES string of the molecule is COc1ccc2nc(-c3ccc(CO)cc3)c(=O)n(CC(=O)O)c2c1. The number of hydrogen-bond donors (Lipinski definition) is 2. The minimum Gasteiger partial charge on any atom is -0.497 e. The Labute approximate surface area is 142 Å². The van der Waals surface area contributed by atoms with E-state index in [1.54, 1.807) is 42.5 Å². The molecule has 0 bridgehead atoms. The molecule has 2 N–H and O–H groups in total. The van der Waals surface area contributed by atoms with Gasteiger partial charge in [-0.2, -0.15) is 0 Å². The van der Waals surface area contributed by atoms with E-state index in [0.717, 1.165) is 0 Å². The van der Waals surface area contributed by atoms with Gasteiger partial charge < -0.3 is 14.9 Å². The van der Waals surface area contributed by atoms with E-state index >= 15 is 0 Å². The highest BCUT2D eigenvalue weighted by atomic mass is 16.5. The number of aliphatic hydroxyl groups excluding tert-OH is 1. The van der Waals surface area contributed by atoms with Crippen molar-refractivity contribution in [1.82, 2.24) is 9.55 Å². The maximum absolute atomic E-state index is 12.8. The summed E-state index contributed by atoms with van der Waals surface area (Å²) in [5.74, 6) is -0.619. The first-order valence-corrected chi connectivity index (χ1v) is 7.54. The highest BCUT2D eigenvalue weighted by Crippen LogP contribution is 2.22. The minimum atomic E-state index is -1.13. The first-order chi connectivity index (χ1) is 12.0. The third kappa shape index (κ3) is 3.22. The lowest BCUT2D eigenvalue weighted by atomic mass is 10.1. The normalized spacial score (nSPS) is 10.8. The molecule has 0 fully saturated rings. The molecular formula is C18H16N2O5. The van der Waals surface area contributed by atoms with Gasteiger partial charge >= 0.3 is 5.97 Å². The number of fused-ring (bicyclic) bond motifs is 1. The Morgan fingerprint density at radius 1 is 1.20 bits per heavy atom. The molecule has 0 amide bonds. The van der Waals surface area contributed by atoms with Crippen molar-refractivity contribution < 1.29 is 19.7 Å². The van der Waals surface area contributed by atoms with E-state index in [2.05, 4.69) is 4.98 Å². The lowest BCUT2D eigenvalue weighted by Crippen LogP contribution is -2.27. The Morgan fingerprint density at radius 3 is 2.52 bits per heavy atom. The molecule has 0 saturated carbocycles. The van der Waals surface area contributed by atoms with Gasteiger partial charge in [-0.1, -0.05) is 24.3 Å². The van der Waals surface area contributed by atoms with Gasteiger partial charge in [0.05, 0.1) is 24.8 Å². The van der Waals surface area contributed by atoms with Gasteiger partial charge in [0.15, 0.2) is 0 Å². The van der Waals surface area contributed by atoms with Crippen LogP contribution in [0.25, 0.3) is 22.3 Å². The zero-order chi connectivity index (χ0) is 18.0. The van der Waals surface area contributed by atoms with Crippen LogP contribution in [0.5, 0.6) is 5.75 Å². The van der Waals surface area contributed by atoms with Crippen LogP contribution < -0.4 is 10.3 Å². The van der Waals surface area contributed by atoms with E-state index in [9.17, 15) is 9.59 Å². The van der Waals surface area contributed by atoms with Gasteiger partial charge in [0, 0.05) is 11.6 Å². The molecule has 0 radical (unpaired) electrons. The first kappa shape index (κ1) is 16.7. The maximum Gasteiger partial charge on any atom is 0.323 e. The number of rotatable bonds is 5. The molecule has 3 rings (SSSR count). The van der Waals surface area contributed by atoms with Crippen LogP contribution in [0, 0.1) is 0 Å². The number of carboxylic acid groups (broad SMARTS) is 1. The summed E-state index contributed by atoms with van der Waals surface area (Å²) in [6.45, 7) is -0.582. The van der Waals surface area contributed by atoms with E-state index < -0.39 is 18.1 Å². The fourth-order valence-electron chi connectivity index (χ4n) is 2.59. The number of carboxylic acids is 1. The zero-order valence-corrected chi connectivity index (χ0v) is 13.5. The molecule has 0 unspecified atom stereocenters. The zero-order valence-electron chi connectivity index (χ0n) is 13.5. The van der Waals surface area contributed by atoms with Crippen molar-refractivity contribution in [3.63, 3.8) is 0 Å². The second kappa shape index (κ2) is 6.74. The van der Waals surface area contributed by atoms with Crippen molar-refractivity contribution in [2.24, 2.45) is 0 Å². The molecule has 2 aromatic carbocycles. The van der Waals surface area contributed by atoms with E-state index in [1.807, 2.05) is 0 Å². The molecule has 7 heteroatoms. The van der Waals surface area contributed by atoms with Crippen LogP contribution in [0.15, 0.2) is 47.3 Å². The molecule has 128 valence electrons. The molecule has 3 aromatic rings. The monoisotopic (exact) mass is 340 g/mol. The average Bonchev–Trinajstić information content (AvgIpc) is 2.63. The van der Waals surface area contributed by atoms with Crippen LogP contribution in [0.1, 0.15) is 5.56 Å². The minimum absolute atomic E-state index is 0.103. The fourth-order valence-corrected chi connectivity index (χ4v) is 2.59. The number of aliphatic hydroxyl groups is 1. The molecule has 1 heterocycles. The molecular weight excluding hydrogens is 324 g/mol. The Hall–Kier alpha value is -3.19. The van der Waals surface area contributed by atoms with Crippen LogP contribution in [-0.2, 0) is 17.9 Å². The quantitative estimate of drug-likeness (QED) is 0.732. The van der Waals surface area contributed by atoms with Gasteiger partial charge in [-0.05, 0) is 17.7 Å². The van der Waals surface area contributed by atoms with Crippen molar-refractivity contribution in [2.75, 3.05) is 7.11 Å². The van der Waals surface area contributed by atoms with Crippen molar-refractivity contribution >= 4 is 17.0 Å². The number of benzene rings is 2. The van der Waals surface area contributed by atoms with Crippen LogP contribution in [-0.4, -0.2) is 32.8 Å². The largest absolute Gasteiger partial charge is 0.497 e. The van der Waals surface area contributed by atoms with Crippen molar-refractivity contribution in [1.29, 1.82) is 0 Å². The van der Waals surface area contributed by atoms with Crippen LogP contribution in [0.2, 0.25) is 0 Å². The second-order valence-corrected chi connectivity index (χ2v) is 5.46. The maximum atomic E-state index is 12.8. The summed E-state index contributed by atoms with van der Waals surface area (Å²) in [5, 5.41) is 18.3. The van der Waals surface area contributed by atoms with Crippen molar-refractivity contribution in [3.8, 4) is 17.0 Å². The van der Waals surface area contributed by atoms with E-state index in [0.29, 0.717) is 27.9 Å². The summed E-state index contributed by atoms with van der Waals surface area (Å²) < 4.78 is 6.32. The summed E-state index contributed by atoms with van der Waals surface area (Å²) in [6, 6.07) is 11.7. The molecule has 7 nitrogen and oxygen atoms in total. The summed E-state index contributed by atoms with van der Waals surface area (Å²) in [6.07, 6.45) is 0. The number of hydrogen-bond acceptors (Lipinski definition) is 5. The standard InChI is InChI=1S/C18H16N2O5/c1-25-13-6-7-14-15(8-13)20(9-16(22)23)18(24)17(19-14)12-4-2-11(10-21)3-5-12/h2-8,21H,9-10H2,1H3,(H,22,23). The molecule has 0 spiro atoms. The van der Waals surface area contributed by atoms with Gasteiger partial charge in [-0.25, -0.2) is 4.98 Å². The summed E-state index contributed by atoms with van der Waals surface area (Å²) in [5.41, 5.74) is 1.80. The average molecular weight is 340 g/mol. The fraction of sp³-hybridized carbons (Fsp3) is 0.167. The highest BCUT2D eigenvalue weighted by Gasteiger charge is 2.15. The molecule has 0 saturated heterocycles. The van der Waals surface area contributed by atoms with Crippen molar-refractivity contribution in [3.05, 3.63) is 58.4 Å². The number of aromatic nitrogens is 2. The van der Waals surface area contributed by atoms with Crippen LogP contribution in [0.3, 0.4) is 0 Å². The number of methoxy groups -OCH3 is 1. The Kier molecular flexibility index (Phi) is 4.49. The first-order valence-electron chi connectivity index (χ1n) is 7.54. The molecule has 0 aliphatic rings. The van der Waals surface area contributed by atoms with Crippen molar-refractivity contribution in [2.45, 2.75) is 13.2 Å². The van der Waals surface area contributed by atoms with Crippen LogP contribution in [0.4, 0.5) is 0 Å². The van der Waals surface area contributed by atoms with Gasteiger partial charge in [0.2, 0.25) is 0 Å².